The topological polar surface area (TPSA) is 127 Å². The molecule has 1 saturated carbocycles. The van der Waals surface area contributed by atoms with Crippen molar-refractivity contribution in [2.24, 2.45) is 17.6 Å². The monoisotopic (exact) mass is 488 g/mol. The second-order valence-electron chi connectivity index (χ2n) is 9.27. The molecule has 1 fully saturated rings. The normalized spacial score (nSPS) is 19.5. The van der Waals surface area contributed by atoms with Crippen molar-refractivity contribution in [1.29, 1.82) is 0 Å². The molecule has 2 aromatic heterocycles. The van der Waals surface area contributed by atoms with Crippen molar-refractivity contribution in [3.63, 3.8) is 0 Å². The van der Waals surface area contributed by atoms with Gasteiger partial charge >= 0.3 is 0 Å². The van der Waals surface area contributed by atoms with E-state index in [1.54, 1.807) is 6.92 Å². The molecule has 1 aliphatic carbocycles. The van der Waals surface area contributed by atoms with E-state index in [0.717, 1.165) is 22.5 Å². The Balaban J connectivity index is 1.69. The summed E-state index contributed by atoms with van der Waals surface area (Å²) in [6.07, 6.45) is 2.51. The minimum Gasteiger partial charge on any atom is -0.419 e. The Bertz CT molecular complexity index is 1280. The summed E-state index contributed by atoms with van der Waals surface area (Å²) in [4.78, 5) is 4.21. The van der Waals surface area contributed by atoms with Crippen LogP contribution in [0.3, 0.4) is 0 Å². The first-order valence-electron chi connectivity index (χ1n) is 11.0. The molecule has 4 rings (SSSR count). The summed E-state index contributed by atoms with van der Waals surface area (Å²) >= 11 is 0. The van der Waals surface area contributed by atoms with Crippen molar-refractivity contribution in [2.75, 3.05) is 29.5 Å². The highest BCUT2D eigenvalue weighted by Gasteiger charge is 2.33. The number of pyridine rings is 1. The molecule has 11 heteroatoms. The maximum absolute atomic E-state index is 15.5. The molecule has 0 unspecified atom stereocenters. The van der Waals surface area contributed by atoms with Crippen molar-refractivity contribution in [1.82, 2.24) is 15.2 Å². The van der Waals surface area contributed by atoms with Crippen LogP contribution in [0.4, 0.5) is 16.0 Å². The lowest BCUT2D eigenvalue weighted by Crippen LogP contribution is -2.35. The van der Waals surface area contributed by atoms with Crippen LogP contribution in [-0.4, -0.2) is 43.4 Å². The van der Waals surface area contributed by atoms with Crippen molar-refractivity contribution in [3.05, 3.63) is 53.7 Å². The maximum Gasteiger partial charge on any atom is 0.251 e. The number of anilines is 2. The highest BCUT2D eigenvalue weighted by molar-refractivity contribution is 7.92. The van der Waals surface area contributed by atoms with E-state index in [1.165, 1.54) is 13.1 Å². The van der Waals surface area contributed by atoms with Gasteiger partial charge in [0.05, 0.1) is 17.4 Å². The van der Waals surface area contributed by atoms with Crippen molar-refractivity contribution < 1.29 is 17.2 Å². The van der Waals surface area contributed by atoms with Gasteiger partial charge in [-0.05, 0) is 43.2 Å². The molecule has 0 aliphatic heterocycles. The molecule has 34 heavy (non-hydrogen) atoms. The Morgan fingerprint density at radius 3 is 2.59 bits per heavy atom. The number of nitrogens with zero attached hydrogens (tertiary/aromatic N) is 4. The third kappa shape index (κ3) is 5.20. The first-order chi connectivity index (χ1) is 16.0. The summed E-state index contributed by atoms with van der Waals surface area (Å²) in [7, 11) is -2.51. The molecule has 3 aromatic rings. The zero-order chi connectivity index (χ0) is 24.7. The molecule has 1 aliphatic rings. The number of sulfonamides is 1. The van der Waals surface area contributed by atoms with Crippen molar-refractivity contribution in [3.8, 4) is 11.5 Å². The van der Waals surface area contributed by atoms with Crippen LogP contribution in [0.2, 0.25) is 0 Å². The third-order valence-electron chi connectivity index (χ3n) is 6.12. The van der Waals surface area contributed by atoms with Crippen LogP contribution in [0.15, 0.2) is 40.8 Å². The lowest BCUT2D eigenvalue weighted by Gasteiger charge is -2.20. The lowest BCUT2D eigenvalue weighted by molar-refractivity contribution is 0.355. The largest absolute Gasteiger partial charge is 0.419 e. The predicted octanol–water partition coefficient (Wildman–Crippen LogP) is 3.15. The highest BCUT2D eigenvalue weighted by Crippen LogP contribution is 2.38. The number of hydrogen-bond donors (Lipinski definition) is 2. The Morgan fingerprint density at radius 1 is 1.29 bits per heavy atom. The average Bonchev–Trinajstić information content (AvgIpc) is 3.25. The van der Waals surface area contributed by atoms with Crippen LogP contribution in [-0.2, 0) is 22.0 Å². The van der Waals surface area contributed by atoms with Gasteiger partial charge in [-0.25, -0.2) is 17.8 Å². The summed E-state index contributed by atoms with van der Waals surface area (Å²) < 4.78 is 46.3. The van der Waals surface area contributed by atoms with E-state index in [0.29, 0.717) is 30.6 Å². The fraction of sp³-hybridized carbons (Fsp3) is 0.435. The van der Waals surface area contributed by atoms with Gasteiger partial charge in [0.1, 0.15) is 5.82 Å². The van der Waals surface area contributed by atoms with E-state index in [-0.39, 0.29) is 23.2 Å². The number of benzene rings is 1. The van der Waals surface area contributed by atoms with Gasteiger partial charge in [-0.1, -0.05) is 37.3 Å². The zero-order valence-electron chi connectivity index (χ0n) is 19.6. The SMILES string of the molecule is C[C@@H]1C[C@H]1CNc1cc(-c2nnc([C@](C)(N)Cc3ccccc3)o2)c(F)c(N(C)S(C)(=O)=O)n1. The van der Waals surface area contributed by atoms with E-state index in [1.807, 2.05) is 30.3 Å². The second kappa shape index (κ2) is 8.95. The molecular formula is C23H29FN6O3S. The fourth-order valence-corrected chi connectivity index (χ4v) is 4.14. The summed E-state index contributed by atoms with van der Waals surface area (Å²) in [5, 5.41) is 11.3. The van der Waals surface area contributed by atoms with Crippen LogP contribution in [0.1, 0.15) is 31.7 Å². The van der Waals surface area contributed by atoms with Gasteiger partial charge in [-0.2, -0.15) is 0 Å². The van der Waals surface area contributed by atoms with E-state index in [9.17, 15) is 8.42 Å². The minimum atomic E-state index is -3.76. The van der Waals surface area contributed by atoms with E-state index in [2.05, 4.69) is 27.4 Å². The lowest BCUT2D eigenvalue weighted by atomic mass is 9.94. The van der Waals surface area contributed by atoms with Gasteiger partial charge in [0.15, 0.2) is 11.6 Å². The molecule has 0 bridgehead atoms. The van der Waals surface area contributed by atoms with Gasteiger partial charge in [0.2, 0.25) is 15.9 Å². The number of hydrogen-bond acceptors (Lipinski definition) is 8. The summed E-state index contributed by atoms with van der Waals surface area (Å²) in [5.74, 6) is 0.225. The second-order valence-corrected chi connectivity index (χ2v) is 11.3. The molecule has 3 N–H and O–H groups in total. The summed E-state index contributed by atoms with van der Waals surface area (Å²) in [6.45, 7) is 4.55. The zero-order valence-corrected chi connectivity index (χ0v) is 20.4. The van der Waals surface area contributed by atoms with Gasteiger partial charge in [0, 0.05) is 13.6 Å². The molecule has 3 atom stereocenters. The Kier molecular flexibility index (Phi) is 6.34. The van der Waals surface area contributed by atoms with Gasteiger partial charge in [0.25, 0.3) is 5.89 Å². The van der Waals surface area contributed by atoms with Crippen LogP contribution in [0, 0.1) is 17.7 Å². The quantitative estimate of drug-likeness (QED) is 0.470. The van der Waals surface area contributed by atoms with Crippen molar-refractivity contribution in [2.45, 2.75) is 32.2 Å². The standard InChI is InChI=1S/C23H29FN6O3S/c1-14-10-16(14)13-26-18-11-17(19(24)20(27-18)30(3)34(4,31)32)21-28-29-22(33-21)23(2,25)12-15-8-6-5-7-9-15/h5-9,11,14,16H,10,12-13,25H2,1-4H3,(H,26,27)/t14-,16+,23-/m1/s1. The van der Waals surface area contributed by atoms with Crippen LogP contribution in [0.5, 0.6) is 0 Å². The Morgan fingerprint density at radius 2 is 1.97 bits per heavy atom. The number of aromatic nitrogens is 3. The molecule has 0 amide bonds. The minimum absolute atomic E-state index is 0.0545. The molecule has 182 valence electrons. The maximum atomic E-state index is 15.5. The average molecular weight is 489 g/mol. The Labute approximate surface area is 198 Å². The molecule has 0 radical (unpaired) electrons. The van der Waals surface area contributed by atoms with E-state index >= 15 is 4.39 Å². The first kappa shape index (κ1) is 24.1. The summed E-state index contributed by atoms with van der Waals surface area (Å²) in [6, 6.07) is 11.1. The number of rotatable bonds is 9. The molecule has 0 saturated heterocycles. The fourth-order valence-electron chi connectivity index (χ4n) is 3.71. The van der Waals surface area contributed by atoms with E-state index in [4.69, 9.17) is 10.2 Å². The number of halogens is 1. The van der Waals surface area contributed by atoms with E-state index < -0.39 is 21.4 Å². The summed E-state index contributed by atoms with van der Waals surface area (Å²) in [5.41, 5.74) is 6.40. The molecular weight excluding hydrogens is 459 g/mol. The smallest absolute Gasteiger partial charge is 0.251 e. The van der Waals surface area contributed by atoms with Gasteiger partial charge in [-0.3, -0.25) is 4.31 Å². The van der Waals surface area contributed by atoms with Crippen LogP contribution in [0.25, 0.3) is 11.5 Å². The Hall–Kier alpha value is -3.05. The predicted molar refractivity (Wildman–Crippen MR) is 128 cm³/mol. The molecule has 1 aromatic carbocycles. The van der Waals surface area contributed by atoms with Gasteiger partial charge < -0.3 is 15.5 Å². The highest BCUT2D eigenvalue weighted by atomic mass is 32.2. The van der Waals surface area contributed by atoms with Crippen LogP contribution >= 0.6 is 0 Å². The number of nitrogens with one attached hydrogen (secondary N) is 1. The number of nitrogens with two attached hydrogens (primary N) is 1. The molecule has 9 nitrogen and oxygen atoms in total. The third-order valence-corrected chi connectivity index (χ3v) is 7.28. The molecule has 2 heterocycles. The van der Waals surface area contributed by atoms with Gasteiger partial charge in [-0.15, -0.1) is 10.2 Å². The molecule has 0 spiro atoms. The van der Waals surface area contributed by atoms with Crippen LogP contribution < -0.4 is 15.4 Å². The first-order valence-corrected chi connectivity index (χ1v) is 12.9. The van der Waals surface area contributed by atoms with Crippen molar-refractivity contribution >= 4 is 21.7 Å².